The zero-order valence-electron chi connectivity index (χ0n) is 17.3. The summed E-state index contributed by atoms with van der Waals surface area (Å²) in [5.74, 6) is 0.895. The average molecular weight is 423 g/mol. The van der Waals surface area contributed by atoms with Crippen LogP contribution in [0, 0.1) is 0 Å². The Hall–Kier alpha value is -2.78. The minimum Gasteiger partial charge on any atom is -0.495 e. The third kappa shape index (κ3) is 4.80. The van der Waals surface area contributed by atoms with Gasteiger partial charge in [-0.05, 0) is 42.8 Å². The zero-order chi connectivity index (χ0) is 21.8. The van der Waals surface area contributed by atoms with Crippen LogP contribution in [0.25, 0.3) is 0 Å². The Morgan fingerprint density at radius 3 is 2.07 bits per heavy atom. The van der Waals surface area contributed by atoms with E-state index in [1.807, 2.05) is 13.0 Å². The number of methoxy groups -OCH3 is 3. The third-order valence-corrected chi connectivity index (χ3v) is 6.28. The van der Waals surface area contributed by atoms with Gasteiger partial charge in [0.2, 0.25) is 10.0 Å². The van der Waals surface area contributed by atoms with Gasteiger partial charge in [-0.2, -0.15) is 0 Å². The number of ether oxygens (including phenoxy) is 3. The van der Waals surface area contributed by atoms with Gasteiger partial charge in [0, 0.05) is 19.7 Å². The Labute approximate surface area is 171 Å². The first-order chi connectivity index (χ1) is 13.6. The minimum atomic E-state index is -3.78. The van der Waals surface area contributed by atoms with Crippen LogP contribution in [0.5, 0.6) is 17.2 Å². The molecular weight excluding hydrogens is 396 g/mol. The first-order valence-corrected chi connectivity index (χ1v) is 10.2. The van der Waals surface area contributed by atoms with Crippen molar-refractivity contribution in [3.63, 3.8) is 0 Å². The van der Waals surface area contributed by atoms with Crippen LogP contribution in [-0.4, -0.2) is 54.1 Å². The van der Waals surface area contributed by atoms with E-state index in [0.29, 0.717) is 11.5 Å². The smallest absolute Gasteiger partial charge is 0.251 e. The lowest BCUT2D eigenvalue weighted by Crippen LogP contribution is -2.27. The predicted molar refractivity (Wildman–Crippen MR) is 109 cm³/mol. The summed E-state index contributed by atoms with van der Waals surface area (Å²) in [5.41, 5.74) is 1.02. The number of rotatable bonds is 8. The Kier molecular flexibility index (Phi) is 7.10. The van der Waals surface area contributed by atoms with E-state index >= 15 is 0 Å². The summed E-state index contributed by atoms with van der Waals surface area (Å²) < 4.78 is 41.8. The number of carbonyl (C=O) groups excluding carboxylic acids is 1. The van der Waals surface area contributed by atoms with Gasteiger partial charge in [-0.25, -0.2) is 12.7 Å². The monoisotopic (exact) mass is 422 g/mol. The minimum absolute atomic E-state index is 0.0728. The molecule has 2 aromatic carbocycles. The zero-order valence-corrected chi connectivity index (χ0v) is 18.2. The van der Waals surface area contributed by atoms with E-state index in [0.717, 1.165) is 9.87 Å². The van der Waals surface area contributed by atoms with Gasteiger partial charge >= 0.3 is 0 Å². The second-order valence-electron chi connectivity index (χ2n) is 6.46. The molecule has 0 heterocycles. The summed E-state index contributed by atoms with van der Waals surface area (Å²) >= 11 is 0. The van der Waals surface area contributed by atoms with Crippen molar-refractivity contribution in [1.82, 2.24) is 9.62 Å². The molecule has 1 amide bonds. The number of benzene rings is 2. The molecule has 0 aromatic heterocycles. The summed E-state index contributed by atoms with van der Waals surface area (Å²) in [6, 6.07) is 9.30. The quantitative estimate of drug-likeness (QED) is 0.702. The Balaban J connectivity index is 2.31. The molecule has 1 N–H and O–H groups in total. The van der Waals surface area contributed by atoms with Gasteiger partial charge in [0.15, 0.2) is 11.5 Å². The SMILES string of the molecule is COc1ccc(C(C)NC(=O)c2ccc(OC)c(S(=O)(=O)N(C)C)c2)cc1OC. The van der Waals surface area contributed by atoms with Gasteiger partial charge in [0.05, 0.1) is 27.4 Å². The maximum atomic E-state index is 12.7. The van der Waals surface area contributed by atoms with Crippen LogP contribution < -0.4 is 19.5 Å². The molecule has 29 heavy (non-hydrogen) atoms. The fourth-order valence-electron chi connectivity index (χ4n) is 2.70. The van der Waals surface area contributed by atoms with Gasteiger partial charge in [0.1, 0.15) is 10.6 Å². The molecule has 0 aliphatic carbocycles. The van der Waals surface area contributed by atoms with Crippen LogP contribution in [0.3, 0.4) is 0 Å². The van der Waals surface area contributed by atoms with Crippen molar-refractivity contribution in [1.29, 1.82) is 0 Å². The maximum Gasteiger partial charge on any atom is 0.251 e. The molecule has 158 valence electrons. The first kappa shape index (κ1) is 22.5. The highest BCUT2D eigenvalue weighted by Crippen LogP contribution is 2.30. The molecule has 0 saturated heterocycles. The van der Waals surface area contributed by atoms with E-state index in [-0.39, 0.29) is 22.3 Å². The molecular formula is C20H26N2O6S. The molecule has 0 saturated carbocycles. The summed E-state index contributed by atoms with van der Waals surface area (Å²) in [6.45, 7) is 1.82. The predicted octanol–water partition coefficient (Wildman–Crippen LogP) is 2.45. The number of sulfonamides is 1. The van der Waals surface area contributed by atoms with E-state index in [1.54, 1.807) is 19.2 Å². The number of nitrogens with zero attached hydrogens (tertiary/aromatic N) is 1. The molecule has 9 heteroatoms. The Morgan fingerprint density at radius 1 is 0.931 bits per heavy atom. The number of hydrogen-bond donors (Lipinski definition) is 1. The normalized spacial score (nSPS) is 12.4. The molecule has 0 fully saturated rings. The summed E-state index contributed by atoms with van der Waals surface area (Å²) in [5, 5.41) is 2.86. The lowest BCUT2D eigenvalue weighted by Gasteiger charge is -2.18. The van der Waals surface area contributed by atoms with Crippen molar-refractivity contribution < 1.29 is 27.4 Å². The van der Waals surface area contributed by atoms with Crippen molar-refractivity contribution in [3.8, 4) is 17.2 Å². The Morgan fingerprint density at radius 2 is 1.52 bits per heavy atom. The van der Waals surface area contributed by atoms with E-state index < -0.39 is 15.9 Å². The molecule has 8 nitrogen and oxygen atoms in total. The lowest BCUT2D eigenvalue weighted by atomic mass is 10.1. The van der Waals surface area contributed by atoms with E-state index in [4.69, 9.17) is 14.2 Å². The van der Waals surface area contributed by atoms with E-state index in [1.165, 1.54) is 46.5 Å². The average Bonchev–Trinajstić information content (AvgIpc) is 2.72. The highest BCUT2D eigenvalue weighted by Gasteiger charge is 2.24. The molecule has 2 aromatic rings. The summed E-state index contributed by atoms with van der Waals surface area (Å²) in [6.07, 6.45) is 0. The molecule has 1 unspecified atom stereocenters. The second kappa shape index (κ2) is 9.15. The first-order valence-electron chi connectivity index (χ1n) is 8.79. The second-order valence-corrected chi connectivity index (χ2v) is 8.58. The molecule has 1 atom stereocenters. The Bertz CT molecular complexity index is 988. The highest BCUT2D eigenvalue weighted by molar-refractivity contribution is 7.89. The van der Waals surface area contributed by atoms with Gasteiger partial charge in [-0.1, -0.05) is 6.07 Å². The lowest BCUT2D eigenvalue weighted by molar-refractivity contribution is 0.0939. The number of hydrogen-bond acceptors (Lipinski definition) is 6. The van der Waals surface area contributed by atoms with Crippen molar-refractivity contribution in [2.24, 2.45) is 0 Å². The van der Waals surface area contributed by atoms with Crippen LogP contribution in [0.15, 0.2) is 41.3 Å². The molecule has 0 spiro atoms. The van der Waals surface area contributed by atoms with Gasteiger partial charge in [0.25, 0.3) is 5.91 Å². The maximum absolute atomic E-state index is 12.7. The van der Waals surface area contributed by atoms with Crippen molar-refractivity contribution in [3.05, 3.63) is 47.5 Å². The number of amides is 1. The van der Waals surface area contributed by atoms with Crippen LogP contribution >= 0.6 is 0 Å². The molecule has 0 bridgehead atoms. The van der Waals surface area contributed by atoms with Gasteiger partial charge in [-0.3, -0.25) is 4.79 Å². The van der Waals surface area contributed by atoms with Crippen molar-refractivity contribution in [2.45, 2.75) is 17.9 Å². The number of carbonyl (C=O) groups is 1. The standard InChI is InChI=1S/C20H26N2O6S/c1-13(14-7-9-16(26-4)18(11-14)28-6)21-20(23)15-8-10-17(27-5)19(12-15)29(24,25)22(2)3/h7-13H,1-6H3,(H,21,23). The third-order valence-electron chi connectivity index (χ3n) is 4.44. The van der Waals surface area contributed by atoms with E-state index in [9.17, 15) is 13.2 Å². The largest absolute Gasteiger partial charge is 0.495 e. The van der Waals surface area contributed by atoms with Crippen molar-refractivity contribution in [2.75, 3.05) is 35.4 Å². The molecule has 0 aliphatic rings. The van der Waals surface area contributed by atoms with Gasteiger partial charge < -0.3 is 19.5 Å². The summed E-state index contributed by atoms with van der Waals surface area (Å²) in [7, 11) is 3.52. The fraction of sp³-hybridized carbons (Fsp3) is 0.350. The number of nitrogens with one attached hydrogen (secondary N) is 1. The van der Waals surface area contributed by atoms with Crippen LogP contribution in [0.2, 0.25) is 0 Å². The fourth-order valence-corrected chi connectivity index (χ4v) is 3.78. The van der Waals surface area contributed by atoms with Crippen LogP contribution in [0.4, 0.5) is 0 Å². The van der Waals surface area contributed by atoms with Crippen molar-refractivity contribution >= 4 is 15.9 Å². The van der Waals surface area contributed by atoms with Crippen LogP contribution in [0.1, 0.15) is 28.9 Å². The molecule has 0 radical (unpaired) electrons. The van der Waals surface area contributed by atoms with E-state index in [2.05, 4.69) is 5.32 Å². The van der Waals surface area contributed by atoms with Crippen LogP contribution in [-0.2, 0) is 10.0 Å². The topological polar surface area (TPSA) is 94.2 Å². The van der Waals surface area contributed by atoms with Gasteiger partial charge in [-0.15, -0.1) is 0 Å². The molecule has 2 rings (SSSR count). The highest BCUT2D eigenvalue weighted by atomic mass is 32.2. The summed E-state index contributed by atoms with van der Waals surface area (Å²) in [4.78, 5) is 12.7. The molecule has 0 aliphatic heterocycles.